The van der Waals surface area contributed by atoms with Gasteiger partial charge in [0.15, 0.2) is 5.78 Å². The third kappa shape index (κ3) is 2.84. The molecule has 1 heterocycles. The minimum atomic E-state index is -3.90. The average molecular weight is 375 g/mol. The summed E-state index contributed by atoms with van der Waals surface area (Å²) < 4.78 is 24.4. The van der Waals surface area contributed by atoms with Gasteiger partial charge in [-0.1, -0.05) is 11.6 Å². The molecule has 0 atom stereocenters. The van der Waals surface area contributed by atoms with Crippen molar-refractivity contribution in [2.75, 3.05) is 0 Å². The van der Waals surface area contributed by atoms with E-state index in [0.29, 0.717) is 9.35 Å². The Kier molecular flexibility index (Phi) is 4.40. The summed E-state index contributed by atoms with van der Waals surface area (Å²) in [4.78, 5) is 14.1. The Morgan fingerprint density at radius 1 is 1.30 bits per heavy atom. The van der Waals surface area contributed by atoms with Crippen molar-refractivity contribution in [3.8, 4) is 0 Å². The molecule has 2 rings (SSSR count). The van der Waals surface area contributed by atoms with E-state index in [9.17, 15) is 13.2 Å². The lowest BCUT2D eigenvalue weighted by Gasteiger charge is -2.09. The molecule has 0 fully saturated rings. The van der Waals surface area contributed by atoms with Gasteiger partial charge in [0.1, 0.15) is 0 Å². The molecule has 106 valence electrons. The number of hydrogen-bond donors (Lipinski definition) is 2. The van der Waals surface area contributed by atoms with Gasteiger partial charge in [-0.3, -0.25) is 10.6 Å². The van der Waals surface area contributed by atoms with Crippen molar-refractivity contribution in [1.82, 2.24) is 4.83 Å². The number of sulfonamides is 1. The van der Waals surface area contributed by atoms with Crippen molar-refractivity contribution in [2.45, 2.75) is 11.8 Å². The fourth-order valence-electron chi connectivity index (χ4n) is 1.72. The van der Waals surface area contributed by atoms with E-state index in [1.807, 2.05) is 0 Å². The molecule has 1 aromatic heterocycles. The quantitative estimate of drug-likeness (QED) is 0.487. The van der Waals surface area contributed by atoms with Gasteiger partial charge in [-0.2, -0.15) is 4.83 Å². The van der Waals surface area contributed by atoms with E-state index in [2.05, 4.69) is 15.9 Å². The van der Waals surface area contributed by atoms with Crippen molar-refractivity contribution in [1.29, 1.82) is 0 Å². The zero-order valence-electron chi connectivity index (χ0n) is 10.4. The second-order valence-electron chi connectivity index (χ2n) is 4.06. The molecule has 5 nitrogen and oxygen atoms in total. The molecule has 20 heavy (non-hydrogen) atoms. The summed E-state index contributed by atoms with van der Waals surface area (Å²) >= 11 is 4.64. The lowest BCUT2D eigenvalue weighted by atomic mass is 10.0. The maximum atomic E-state index is 12.5. The highest BCUT2D eigenvalue weighted by Crippen LogP contribution is 2.28. The van der Waals surface area contributed by atoms with Gasteiger partial charge in [-0.25, -0.2) is 8.42 Å². The van der Waals surface area contributed by atoms with Crippen molar-refractivity contribution < 1.29 is 13.2 Å². The summed E-state index contributed by atoms with van der Waals surface area (Å²) in [6, 6.07) is 6.17. The van der Waals surface area contributed by atoms with Crippen LogP contribution < -0.4 is 10.7 Å². The molecule has 0 saturated heterocycles. The number of thiophene rings is 1. The molecular weight excluding hydrogens is 364 g/mol. The first-order valence-corrected chi connectivity index (χ1v) is 8.63. The molecule has 0 bridgehead atoms. The number of nitrogens with one attached hydrogen (secondary N) is 1. The van der Waals surface area contributed by atoms with Gasteiger partial charge < -0.3 is 0 Å². The van der Waals surface area contributed by atoms with Crippen molar-refractivity contribution in [3.05, 3.63) is 50.1 Å². The fourth-order valence-corrected chi connectivity index (χ4v) is 3.78. The number of benzene rings is 1. The molecule has 0 aliphatic rings. The number of aryl methyl sites for hydroxylation is 1. The van der Waals surface area contributed by atoms with Gasteiger partial charge in [0.05, 0.1) is 8.68 Å². The lowest BCUT2D eigenvalue weighted by Crippen LogP contribution is -2.31. The van der Waals surface area contributed by atoms with Crippen molar-refractivity contribution in [2.24, 2.45) is 5.84 Å². The van der Waals surface area contributed by atoms with Crippen molar-refractivity contribution >= 4 is 43.1 Å². The third-order valence-corrected chi connectivity index (χ3v) is 5.62. The van der Waals surface area contributed by atoms with Gasteiger partial charge in [0, 0.05) is 11.1 Å². The molecule has 0 aliphatic carbocycles. The normalized spacial score (nSPS) is 11.6. The summed E-state index contributed by atoms with van der Waals surface area (Å²) in [5.74, 6) is 4.67. The molecular formula is C12H11BrN2O3S2. The number of nitrogens with two attached hydrogens (primary N) is 1. The lowest BCUT2D eigenvalue weighted by molar-refractivity contribution is 0.103. The predicted octanol–water partition coefficient (Wildman–Crippen LogP) is 2.20. The summed E-state index contributed by atoms with van der Waals surface area (Å²) in [6.45, 7) is 1.78. The van der Waals surface area contributed by atoms with E-state index in [1.165, 1.54) is 23.5 Å². The molecule has 0 radical (unpaired) electrons. The van der Waals surface area contributed by atoms with Gasteiger partial charge in [-0.15, -0.1) is 11.3 Å². The van der Waals surface area contributed by atoms with Gasteiger partial charge >= 0.3 is 0 Å². The van der Waals surface area contributed by atoms with E-state index < -0.39 is 10.0 Å². The second-order valence-corrected chi connectivity index (χ2v) is 7.97. The van der Waals surface area contributed by atoms with Crippen LogP contribution in [0.1, 0.15) is 21.5 Å². The van der Waals surface area contributed by atoms with Crippen LogP contribution in [0.15, 0.2) is 38.3 Å². The Hall–Kier alpha value is -1.06. The molecule has 0 unspecified atom stereocenters. The Bertz CT molecular complexity index is 769. The Morgan fingerprint density at radius 2 is 2.00 bits per heavy atom. The first-order chi connectivity index (χ1) is 9.36. The molecule has 2 aromatic rings. The van der Waals surface area contributed by atoms with Crippen LogP contribution >= 0.6 is 27.3 Å². The van der Waals surface area contributed by atoms with E-state index in [0.717, 1.165) is 5.56 Å². The number of hydrogen-bond acceptors (Lipinski definition) is 5. The largest absolute Gasteiger partial charge is 0.288 e. The highest BCUT2D eigenvalue weighted by atomic mass is 79.9. The van der Waals surface area contributed by atoms with Crippen LogP contribution in [0.25, 0.3) is 0 Å². The predicted molar refractivity (Wildman–Crippen MR) is 81.1 cm³/mol. The van der Waals surface area contributed by atoms with Crippen LogP contribution in [-0.2, 0) is 10.0 Å². The number of carbonyl (C=O) groups is 1. The number of halogens is 1. The standard InChI is InChI=1S/C12H11BrN2O3S2/c1-7-2-3-10(20(17,18)15-14)9(6-7)11(16)8-4-5-19-12(8)13/h2-6,15H,14H2,1H3. The van der Waals surface area contributed by atoms with Crippen LogP contribution in [0.2, 0.25) is 0 Å². The number of carbonyl (C=O) groups excluding carboxylic acids is 1. The third-order valence-electron chi connectivity index (χ3n) is 2.69. The minimum Gasteiger partial charge on any atom is -0.288 e. The van der Waals surface area contributed by atoms with Gasteiger partial charge in [0.25, 0.3) is 10.0 Å². The first kappa shape index (κ1) is 15.3. The SMILES string of the molecule is Cc1ccc(S(=O)(=O)NN)c(C(=O)c2ccsc2Br)c1. The summed E-state index contributed by atoms with van der Waals surface area (Å²) in [7, 11) is -3.90. The second kappa shape index (κ2) is 5.74. The summed E-state index contributed by atoms with van der Waals surface area (Å²) in [5, 5.41) is 1.75. The van der Waals surface area contributed by atoms with Gasteiger partial charge in [-0.05, 0) is 46.4 Å². The Balaban J connectivity index is 2.65. The maximum Gasteiger partial charge on any atom is 0.253 e. The van der Waals surface area contributed by atoms with E-state index in [4.69, 9.17) is 5.84 Å². The smallest absolute Gasteiger partial charge is 0.253 e. The molecule has 0 amide bonds. The minimum absolute atomic E-state index is 0.0991. The van der Waals surface area contributed by atoms with Crippen LogP contribution in [-0.4, -0.2) is 14.2 Å². The molecule has 3 N–H and O–H groups in total. The Morgan fingerprint density at radius 3 is 2.55 bits per heavy atom. The molecule has 0 aliphatic heterocycles. The summed E-state index contributed by atoms with van der Waals surface area (Å²) in [5.41, 5.74) is 1.31. The summed E-state index contributed by atoms with van der Waals surface area (Å²) in [6.07, 6.45) is 0. The monoisotopic (exact) mass is 374 g/mol. The number of hydrazine groups is 1. The zero-order valence-corrected chi connectivity index (χ0v) is 13.6. The van der Waals surface area contributed by atoms with Crippen LogP contribution in [0.3, 0.4) is 0 Å². The zero-order chi connectivity index (χ0) is 14.9. The maximum absolute atomic E-state index is 12.5. The first-order valence-electron chi connectivity index (χ1n) is 5.47. The number of rotatable bonds is 4. The van der Waals surface area contributed by atoms with Crippen LogP contribution in [0.5, 0.6) is 0 Å². The topological polar surface area (TPSA) is 89.3 Å². The van der Waals surface area contributed by atoms with Crippen molar-refractivity contribution in [3.63, 3.8) is 0 Å². The van der Waals surface area contributed by atoms with E-state index in [1.54, 1.807) is 29.3 Å². The van der Waals surface area contributed by atoms with Crippen LogP contribution in [0, 0.1) is 6.92 Å². The highest BCUT2D eigenvalue weighted by Gasteiger charge is 2.24. The highest BCUT2D eigenvalue weighted by molar-refractivity contribution is 9.11. The molecule has 8 heteroatoms. The molecule has 1 aromatic carbocycles. The average Bonchev–Trinajstić information content (AvgIpc) is 2.83. The molecule has 0 spiro atoms. The van der Waals surface area contributed by atoms with E-state index in [-0.39, 0.29) is 16.2 Å². The Labute approximate surface area is 129 Å². The fraction of sp³-hybridized carbons (Fsp3) is 0.0833. The molecule has 0 saturated carbocycles. The van der Waals surface area contributed by atoms with Crippen LogP contribution in [0.4, 0.5) is 0 Å². The van der Waals surface area contributed by atoms with E-state index >= 15 is 0 Å². The number of ketones is 1. The van der Waals surface area contributed by atoms with Gasteiger partial charge in [0.2, 0.25) is 0 Å².